The first-order valence-electron chi connectivity index (χ1n) is 5.74. The Morgan fingerprint density at radius 3 is 2.93 bits per heavy atom. The van der Waals surface area contributed by atoms with Gasteiger partial charge < -0.3 is 5.32 Å². The minimum Gasteiger partial charge on any atom is -0.311 e. The lowest BCUT2D eigenvalue weighted by Crippen LogP contribution is -2.41. The lowest BCUT2D eigenvalue weighted by molar-refractivity contribution is 0.359. The van der Waals surface area contributed by atoms with E-state index < -0.39 is 0 Å². The Kier molecular flexibility index (Phi) is 3.06. The van der Waals surface area contributed by atoms with Gasteiger partial charge in [0.25, 0.3) is 0 Å². The summed E-state index contributed by atoms with van der Waals surface area (Å²) >= 11 is 0. The summed E-state index contributed by atoms with van der Waals surface area (Å²) in [5.74, 6) is -0.128. The van der Waals surface area contributed by atoms with Gasteiger partial charge in [-0.25, -0.2) is 4.39 Å². The van der Waals surface area contributed by atoms with Crippen LogP contribution in [0.2, 0.25) is 0 Å². The third-order valence-corrected chi connectivity index (χ3v) is 3.44. The van der Waals surface area contributed by atoms with Crippen molar-refractivity contribution < 1.29 is 4.39 Å². The molecule has 1 aromatic rings. The lowest BCUT2D eigenvalue weighted by Gasteiger charge is -2.28. The second-order valence-electron chi connectivity index (χ2n) is 4.47. The minimum atomic E-state index is -0.128. The molecule has 0 aromatic heterocycles. The molecule has 0 saturated carbocycles. The number of benzene rings is 1. The van der Waals surface area contributed by atoms with Gasteiger partial charge in [-0.3, -0.25) is 0 Å². The minimum absolute atomic E-state index is 0.128. The summed E-state index contributed by atoms with van der Waals surface area (Å²) in [6.07, 6.45) is 4.51. The summed E-state index contributed by atoms with van der Waals surface area (Å²) in [7, 11) is 0. The second-order valence-corrected chi connectivity index (χ2v) is 4.47. The molecule has 1 aliphatic rings. The molecule has 1 atom stereocenters. The Morgan fingerprint density at radius 1 is 1.47 bits per heavy atom. The molecule has 0 radical (unpaired) electrons. The SMILES string of the molecule is CCC1(Cc2cccc(F)c2)CCCN1. The Labute approximate surface area is 90.7 Å². The molecule has 1 unspecified atom stereocenters. The van der Waals surface area contributed by atoms with Crippen LogP contribution in [0.15, 0.2) is 24.3 Å². The van der Waals surface area contributed by atoms with Crippen LogP contribution < -0.4 is 5.32 Å². The van der Waals surface area contributed by atoms with Crippen molar-refractivity contribution in [3.05, 3.63) is 35.6 Å². The van der Waals surface area contributed by atoms with E-state index in [2.05, 4.69) is 12.2 Å². The molecule has 1 heterocycles. The van der Waals surface area contributed by atoms with Crippen LogP contribution in [0, 0.1) is 5.82 Å². The van der Waals surface area contributed by atoms with E-state index >= 15 is 0 Å². The summed E-state index contributed by atoms with van der Waals surface area (Å²) in [5, 5.41) is 3.57. The highest BCUT2D eigenvalue weighted by atomic mass is 19.1. The van der Waals surface area contributed by atoms with Crippen molar-refractivity contribution in [2.75, 3.05) is 6.54 Å². The van der Waals surface area contributed by atoms with Gasteiger partial charge in [-0.05, 0) is 49.9 Å². The fourth-order valence-corrected chi connectivity index (χ4v) is 2.48. The monoisotopic (exact) mass is 207 g/mol. The normalized spacial score (nSPS) is 25.7. The Morgan fingerprint density at radius 2 is 2.33 bits per heavy atom. The van der Waals surface area contributed by atoms with Crippen molar-refractivity contribution >= 4 is 0 Å². The van der Waals surface area contributed by atoms with E-state index in [-0.39, 0.29) is 11.4 Å². The number of nitrogens with one attached hydrogen (secondary N) is 1. The van der Waals surface area contributed by atoms with Gasteiger partial charge in [0.1, 0.15) is 5.82 Å². The Bertz CT molecular complexity index is 329. The number of hydrogen-bond donors (Lipinski definition) is 1. The zero-order valence-corrected chi connectivity index (χ0v) is 9.22. The first-order chi connectivity index (χ1) is 7.24. The van der Waals surface area contributed by atoms with Crippen molar-refractivity contribution in [1.82, 2.24) is 5.32 Å². The molecule has 2 heteroatoms. The maximum absolute atomic E-state index is 13.0. The van der Waals surface area contributed by atoms with Gasteiger partial charge in [0.05, 0.1) is 0 Å². The molecule has 15 heavy (non-hydrogen) atoms. The van der Waals surface area contributed by atoms with Crippen LogP contribution >= 0.6 is 0 Å². The molecule has 0 spiro atoms. The van der Waals surface area contributed by atoms with Gasteiger partial charge in [-0.1, -0.05) is 19.1 Å². The number of hydrogen-bond acceptors (Lipinski definition) is 1. The van der Waals surface area contributed by atoms with E-state index in [0.717, 1.165) is 24.9 Å². The molecule has 2 rings (SSSR count). The average Bonchev–Trinajstić information content (AvgIpc) is 2.67. The van der Waals surface area contributed by atoms with E-state index in [0.29, 0.717) is 0 Å². The molecule has 1 N–H and O–H groups in total. The van der Waals surface area contributed by atoms with E-state index in [9.17, 15) is 4.39 Å². The van der Waals surface area contributed by atoms with Gasteiger partial charge >= 0.3 is 0 Å². The molecule has 0 aliphatic carbocycles. The topological polar surface area (TPSA) is 12.0 Å². The highest BCUT2D eigenvalue weighted by molar-refractivity contribution is 5.19. The Balaban J connectivity index is 2.12. The van der Waals surface area contributed by atoms with E-state index in [1.54, 1.807) is 12.1 Å². The third kappa shape index (κ3) is 2.37. The maximum Gasteiger partial charge on any atom is 0.123 e. The van der Waals surface area contributed by atoms with Crippen LogP contribution in [0.25, 0.3) is 0 Å². The fraction of sp³-hybridized carbons (Fsp3) is 0.538. The summed E-state index contributed by atoms with van der Waals surface area (Å²) in [6, 6.07) is 6.96. The lowest BCUT2D eigenvalue weighted by atomic mass is 9.87. The molecule has 0 bridgehead atoms. The molecule has 1 aliphatic heterocycles. The Hall–Kier alpha value is -0.890. The summed E-state index contributed by atoms with van der Waals surface area (Å²) in [5.41, 5.74) is 1.32. The van der Waals surface area contributed by atoms with Gasteiger partial charge in [0.15, 0.2) is 0 Å². The smallest absolute Gasteiger partial charge is 0.123 e. The molecule has 82 valence electrons. The van der Waals surface area contributed by atoms with Crippen LogP contribution in [-0.2, 0) is 6.42 Å². The second kappa shape index (κ2) is 4.31. The standard InChI is InChI=1S/C13H18FN/c1-2-13(7-4-8-15-13)10-11-5-3-6-12(14)9-11/h3,5-6,9,15H,2,4,7-8,10H2,1H3. The van der Waals surface area contributed by atoms with Gasteiger partial charge in [0.2, 0.25) is 0 Å². The first kappa shape index (κ1) is 10.6. The number of halogens is 1. The number of rotatable bonds is 3. The zero-order chi connectivity index (χ0) is 10.7. The van der Waals surface area contributed by atoms with Crippen LogP contribution in [0.5, 0.6) is 0 Å². The first-order valence-corrected chi connectivity index (χ1v) is 5.74. The highest BCUT2D eigenvalue weighted by Gasteiger charge is 2.31. The van der Waals surface area contributed by atoms with E-state index in [1.165, 1.54) is 18.9 Å². The van der Waals surface area contributed by atoms with Crippen LogP contribution in [-0.4, -0.2) is 12.1 Å². The predicted molar refractivity (Wildman–Crippen MR) is 60.4 cm³/mol. The summed E-state index contributed by atoms with van der Waals surface area (Å²) in [6.45, 7) is 3.31. The van der Waals surface area contributed by atoms with Crippen molar-refractivity contribution in [2.24, 2.45) is 0 Å². The molecule has 1 aromatic carbocycles. The molecule has 1 fully saturated rings. The van der Waals surface area contributed by atoms with Gasteiger partial charge in [0, 0.05) is 5.54 Å². The fourth-order valence-electron chi connectivity index (χ4n) is 2.48. The molecule has 1 nitrogen and oxygen atoms in total. The van der Waals surface area contributed by atoms with Crippen LogP contribution in [0.4, 0.5) is 4.39 Å². The van der Waals surface area contributed by atoms with E-state index in [1.807, 2.05) is 6.07 Å². The molecule has 0 amide bonds. The largest absolute Gasteiger partial charge is 0.311 e. The summed E-state index contributed by atoms with van der Waals surface area (Å²) < 4.78 is 13.0. The highest BCUT2D eigenvalue weighted by Crippen LogP contribution is 2.27. The molecular weight excluding hydrogens is 189 g/mol. The van der Waals surface area contributed by atoms with Crippen molar-refractivity contribution in [3.63, 3.8) is 0 Å². The molecular formula is C13H18FN. The molecule has 1 saturated heterocycles. The summed E-state index contributed by atoms with van der Waals surface area (Å²) in [4.78, 5) is 0. The van der Waals surface area contributed by atoms with E-state index in [4.69, 9.17) is 0 Å². The average molecular weight is 207 g/mol. The zero-order valence-electron chi connectivity index (χ0n) is 9.22. The van der Waals surface area contributed by atoms with Crippen LogP contribution in [0.3, 0.4) is 0 Å². The van der Waals surface area contributed by atoms with Crippen molar-refractivity contribution in [1.29, 1.82) is 0 Å². The van der Waals surface area contributed by atoms with Gasteiger partial charge in [-0.15, -0.1) is 0 Å². The third-order valence-electron chi connectivity index (χ3n) is 3.44. The predicted octanol–water partition coefficient (Wildman–Crippen LogP) is 2.90. The maximum atomic E-state index is 13.0. The van der Waals surface area contributed by atoms with Crippen LogP contribution in [0.1, 0.15) is 31.7 Å². The van der Waals surface area contributed by atoms with Gasteiger partial charge in [-0.2, -0.15) is 0 Å². The van der Waals surface area contributed by atoms with Crippen molar-refractivity contribution in [2.45, 2.75) is 38.1 Å². The van der Waals surface area contributed by atoms with Crippen molar-refractivity contribution in [3.8, 4) is 0 Å². The quantitative estimate of drug-likeness (QED) is 0.803.